The van der Waals surface area contributed by atoms with Crippen LogP contribution in [0.5, 0.6) is 0 Å². The smallest absolute Gasteiger partial charge is 0.0661 e. The van der Waals surface area contributed by atoms with Gasteiger partial charge in [0.1, 0.15) is 0 Å². The van der Waals surface area contributed by atoms with Gasteiger partial charge in [0, 0.05) is 25.0 Å². The van der Waals surface area contributed by atoms with Crippen molar-refractivity contribution in [2.24, 2.45) is 29.6 Å². The van der Waals surface area contributed by atoms with Crippen molar-refractivity contribution in [3.63, 3.8) is 0 Å². The van der Waals surface area contributed by atoms with Crippen LogP contribution in [-0.2, 0) is 14.2 Å². The molecule has 0 aromatic rings. The van der Waals surface area contributed by atoms with Gasteiger partial charge < -0.3 is 14.2 Å². The SMILES string of the molecule is CCCOC1CCC2C3CCC(OCCCC(C)C)C(C)C3OC2C1C. The molecule has 0 bridgehead atoms. The minimum absolute atomic E-state index is 0.394. The zero-order valence-electron chi connectivity index (χ0n) is 17.8. The van der Waals surface area contributed by atoms with Crippen LogP contribution in [0, 0.1) is 29.6 Å². The largest absolute Gasteiger partial charge is 0.378 e. The molecule has 0 aromatic carbocycles. The van der Waals surface area contributed by atoms with Gasteiger partial charge in [-0.3, -0.25) is 0 Å². The zero-order valence-corrected chi connectivity index (χ0v) is 17.8. The van der Waals surface area contributed by atoms with Crippen molar-refractivity contribution in [2.75, 3.05) is 13.2 Å². The Bertz CT molecular complexity index is 424. The molecule has 8 atom stereocenters. The van der Waals surface area contributed by atoms with Gasteiger partial charge in [-0.15, -0.1) is 0 Å². The Morgan fingerprint density at radius 1 is 0.846 bits per heavy atom. The highest BCUT2D eigenvalue weighted by molar-refractivity contribution is 5.02. The van der Waals surface area contributed by atoms with Crippen LogP contribution in [-0.4, -0.2) is 37.6 Å². The minimum atomic E-state index is 0.394. The van der Waals surface area contributed by atoms with Crippen molar-refractivity contribution in [2.45, 2.75) is 104 Å². The number of hydrogen-bond acceptors (Lipinski definition) is 3. The summed E-state index contributed by atoms with van der Waals surface area (Å²) in [6.07, 6.45) is 10.2. The third-order valence-corrected chi connectivity index (χ3v) is 7.28. The van der Waals surface area contributed by atoms with E-state index in [1.807, 2.05) is 0 Å². The van der Waals surface area contributed by atoms with E-state index in [1.54, 1.807) is 0 Å². The number of ether oxygens (including phenoxy) is 3. The summed E-state index contributed by atoms with van der Waals surface area (Å²) in [6, 6.07) is 0. The average Bonchev–Trinajstić information content (AvgIpc) is 3.00. The zero-order chi connectivity index (χ0) is 18.7. The van der Waals surface area contributed by atoms with Crippen LogP contribution < -0.4 is 0 Å². The van der Waals surface area contributed by atoms with E-state index in [-0.39, 0.29) is 0 Å². The molecule has 152 valence electrons. The van der Waals surface area contributed by atoms with Gasteiger partial charge in [0.05, 0.1) is 24.4 Å². The average molecular weight is 367 g/mol. The summed E-state index contributed by atoms with van der Waals surface area (Å²) >= 11 is 0. The minimum Gasteiger partial charge on any atom is -0.378 e. The molecule has 0 aromatic heterocycles. The Morgan fingerprint density at radius 3 is 1.88 bits per heavy atom. The first kappa shape index (κ1) is 20.6. The van der Waals surface area contributed by atoms with Crippen LogP contribution in [0.1, 0.15) is 79.6 Å². The molecule has 1 aliphatic heterocycles. The summed E-state index contributed by atoms with van der Waals surface area (Å²) in [6.45, 7) is 13.3. The number of rotatable bonds is 8. The second-order valence-corrected chi connectivity index (χ2v) is 9.62. The fraction of sp³-hybridized carbons (Fsp3) is 1.00. The summed E-state index contributed by atoms with van der Waals surface area (Å²) in [7, 11) is 0. The summed E-state index contributed by atoms with van der Waals surface area (Å²) in [5.74, 6) is 3.34. The molecular formula is C23H42O3. The predicted octanol–water partition coefficient (Wildman–Crippen LogP) is 5.46. The van der Waals surface area contributed by atoms with E-state index in [0.29, 0.717) is 36.3 Å². The molecule has 1 saturated heterocycles. The van der Waals surface area contributed by atoms with Gasteiger partial charge >= 0.3 is 0 Å². The van der Waals surface area contributed by atoms with Crippen LogP contribution in [0.2, 0.25) is 0 Å². The molecule has 3 nitrogen and oxygen atoms in total. The van der Waals surface area contributed by atoms with Gasteiger partial charge in [-0.05, 0) is 62.7 Å². The number of hydrogen-bond donors (Lipinski definition) is 0. The monoisotopic (exact) mass is 366 g/mol. The Morgan fingerprint density at radius 2 is 1.38 bits per heavy atom. The van der Waals surface area contributed by atoms with Gasteiger partial charge in [0.25, 0.3) is 0 Å². The molecule has 0 amide bonds. The molecule has 26 heavy (non-hydrogen) atoms. The van der Waals surface area contributed by atoms with E-state index >= 15 is 0 Å². The lowest BCUT2D eigenvalue weighted by Gasteiger charge is -2.39. The lowest BCUT2D eigenvalue weighted by atomic mass is 9.67. The Kier molecular flexibility index (Phi) is 7.44. The van der Waals surface area contributed by atoms with Crippen molar-refractivity contribution in [3.05, 3.63) is 0 Å². The lowest BCUT2D eigenvalue weighted by Crippen LogP contribution is -2.42. The fourth-order valence-corrected chi connectivity index (χ4v) is 5.78. The maximum Gasteiger partial charge on any atom is 0.0661 e. The third kappa shape index (κ3) is 4.47. The van der Waals surface area contributed by atoms with Crippen molar-refractivity contribution in [3.8, 4) is 0 Å². The number of fused-ring (bicyclic) bond motifs is 3. The Labute approximate surface area is 161 Å². The van der Waals surface area contributed by atoms with E-state index in [9.17, 15) is 0 Å². The third-order valence-electron chi connectivity index (χ3n) is 7.28. The maximum atomic E-state index is 6.72. The van der Waals surface area contributed by atoms with Gasteiger partial charge in [-0.1, -0.05) is 34.6 Å². The highest BCUT2D eigenvalue weighted by Gasteiger charge is 2.54. The van der Waals surface area contributed by atoms with Crippen molar-refractivity contribution >= 4 is 0 Å². The molecule has 3 heteroatoms. The van der Waals surface area contributed by atoms with Gasteiger partial charge in [0.2, 0.25) is 0 Å². The van der Waals surface area contributed by atoms with Crippen molar-refractivity contribution in [1.29, 1.82) is 0 Å². The van der Waals surface area contributed by atoms with Gasteiger partial charge in [0.15, 0.2) is 0 Å². The molecule has 0 radical (unpaired) electrons. The van der Waals surface area contributed by atoms with E-state index in [2.05, 4.69) is 34.6 Å². The first-order valence-corrected chi connectivity index (χ1v) is 11.4. The van der Waals surface area contributed by atoms with Crippen LogP contribution in [0.25, 0.3) is 0 Å². The van der Waals surface area contributed by atoms with Crippen molar-refractivity contribution in [1.82, 2.24) is 0 Å². The molecule has 3 aliphatic rings. The highest BCUT2D eigenvalue weighted by atomic mass is 16.5. The predicted molar refractivity (Wildman–Crippen MR) is 106 cm³/mol. The maximum absolute atomic E-state index is 6.72. The van der Waals surface area contributed by atoms with Crippen LogP contribution >= 0.6 is 0 Å². The summed E-state index contributed by atoms with van der Waals surface area (Å²) in [5.41, 5.74) is 0. The van der Waals surface area contributed by atoms with Gasteiger partial charge in [-0.25, -0.2) is 0 Å². The Balaban J connectivity index is 1.54. The molecular weight excluding hydrogens is 324 g/mol. The second-order valence-electron chi connectivity index (χ2n) is 9.62. The quantitative estimate of drug-likeness (QED) is 0.534. The molecule has 0 N–H and O–H groups in total. The molecule has 3 fully saturated rings. The van der Waals surface area contributed by atoms with Crippen molar-refractivity contribution < 1.29 is 14.2 Å². The first-order chi connectivity index (χ1) is 12.5. The highest BCUT2D eigenvalue weighted by Crippen LogP contribution is 2.51. The van der Waals surface area contributed by atoms with E-state index < -0.39 is 0 Å². The first-order valence-electron chi connectivity index (χ1n) is 11.4. The van der Waals surface area contributed by atoms with E-state index in [0.717, 1.165) is 37.4 Å². The lowest BCUT2D eigenvalue weighted by molar-refractivity contribution is -0.116. The van der Waals surface area contributed by atoms with Crippen LogP contribution in [0.3, 0.4) is 0 Å². The molecule has 3 rings (SSSR count). The molecule has 2 aliphatic carbocycles. The van der Waals surface area contributed by atoms with Gasteiger partial charge in [-0.2, -0.15) is 0 Å². The summed E-state index contributed by atoms with van der Waals surface area (Å²) in [4.78, 5) is 0. The standard InChI is InChI=1S/C23H42O3/c1-6-13-24-20-11-9-18-19-10-12-21(25-14-7-8-15(2)3)17(5)23(19)26-22(18)16(20)4/h15-23H,6-14H2,1-5H3. The molecule has 0 spiro atoms. The van der Waals surface area contributed by atoms with Crippen LogP contribution in [0.15, 0.2) is 0 Å². The van der Waals surface area contributed by atoms with E-state index in [1.165, 1.54) is 38.5 Å². The van der Waals surface area contributed by atoms with Crippen LogP contribution in [0.4, 0.5) is 0 Å². The second kappa shape index (κ2) is 9.39. The molecule has 1 heterocycles. The fourth-order valence-electron chi connectivity index (χ4n) is 5.78. The topological polar surface area (TPSA) is 27.7 Å². The molecule has 2 saturated carbocycles. The Hall–Kier alpha value is -0.120. The summed E-state index contributed by atoms with van der Waals surface area (Å²) in [5, 5.41) is 0. The normalized spacial score (nSPS) is 42.7. The molecule has 8 unspecified atom stereocenters. The summed E-state index contributed by atoms with van der Waals surface area (Å²) < 4.78 is 19.2. The van der Waals surface area contributed by atoms with E-state index in [4.69, 9.17) is 14.2 Å².